The van der Waals surface area contributed by atoms with Crippen molar-refractivity contribution < 1.29 is 24.2 Å². The standard InChI is InChI=1S/C28H32ClIO5/c1-16-13-22-20-8-10-28(24(33)34,35-23(32)17-5-4-6-18(30)14-17)26(20,3)11-12-27(22,29)25(2)9-7-19(31)15-21(16)25/h4-6,14-16,20,22H,7-13H2,1-3H3,(H,33,34)/t16?,20-,22-,25-,26-,27-,28?/m0/s1. The van der Waals surface area contributed by atoms with Crippen LogP contribution in [-0.4, -0.2) is 33.3 Å². The number of hydrogen-bond donors (Lipinski definition) is 1. The summed E-state index contributed by atoms with van der Waals surface area (Å²) in [5, 5.41) is 10.5. The van der Waals surface area contributed by atoms with E-state index in [-0.39, 0.29) is 35.4 Å². The van der Waals surface area contributed by atoms with Crippen molar-refractivity contribution in [3.63, 3.8) is 0 Å². The van der Waals surface area contributed by atoms with E-state index in [1.807, 2.05) is 19.1 Å². The van der Waals surface area contributed by atoms with Gasteiger partial charge < -0.3 is 9.84 Å². The van der Waals surface area contributed by atoms with E-state index in [9.17, 15) is 19.5 Å². The number of ketones is 1. The van der Waals surface area contributed by atoms with E-state index in [1.165, 1.54) is 0 Å². The summed E-state index contributed by atoms with van der Waals surface area (Å²) in [6, 6.07) is 7.05. The van der Waals surface area contributed by atoms with Gasteiger partial charge in [-0.05, 0) is 103 Å². The molecule has 2 unspecified atom stereocenters. The van der Waals surface area contributed by atoms with Gasteiger partial charge in [0.05, 0.1) is 10.4 Å². The zero-order valence-electron chi connectivity index (χ0n) is 20.4. The summed E-state index contributed by atoms with van der Waals surface area (Å²) in [6.45, 7) is 6.38. The molecule has 1 aromatic rings. The number of halogens is 2. The molecule has 1 N–H and O–H groups in total. The van der Waals surface area contributed by atoms with E-state index in [4.69, 9.17) is 16.3 Å². The molecular weight excluding hydrogens is 579 g/mol. The number of rotatable bonds is 3. The SMILES string of the molecule is CC1C[C@H]2[C@@H]3CCC(OC(=O)c4cccc(I)c4)(C(=O)O)[C@@]3(C)CC[C@@]2(Cl)[C@@]2(C)CCC(=O)C=C12. The molecule has 0 saturated heterocycles. The maximum atomic E-state index is 13.2. The third-order valence-corrected chi connectivity index (χ3v) is 11.7. The molecule has 0 aliphatic heterocycles. The lowest BCUT2D eigenvalue weighted by molar-refractivity contribution is -0.181. The highest BCUT2D eigenvalue weighted by Crippen LogP contribution is 2.72. The zero-order chi connectivity index (χ0) is 25.4. The molecule has 4 aliphatic rings. The summed E-state index contributed by atoms with van der Waals surface area (Å²) in [5.41, 5.74) is -1.07. The van der Waals surface area contributed by atoms with Gasteiger partial charge in [-0.15, -0.1) is 11.6 Å². The molecule has 35 heavy (non-hydrogen) atoms. The topological polar surface area (TPSA) is 80.7 Å². The van der Waals surface area contributed by atoms with Gasteiger partial charge in [-0.2, -0.15) is 0 Å². The lowest BCUT2D eigenvalue weighted by atomic mass is 9.44. The summed E-state index contributed by atoms with van der Waals surface area (Å²) in [6.07, 6.45) is 6.03. The number of hydrogen-bond acceptors (Lipinski definition) is 4. The molecule has 7 atom stereocenters. The van der Waals surface area contributed by atoms with Gasteiger partial charge in [0.2, 0.25) is 5.60 Å². The summed E-state index contributed by atoms with van der Waals surface area (Å²) >= 11 is 9.75. The van der Waals surface area contributed by atoms with E-state index >= 15 is 0 Å². The number of benzene rings is 1. The Hall–Kier alpha value is -1.41. The van der Waals surface area contributed by atoms with Crippen LogP contribution in [-0.2, 0) is 14.3 Å². The maximum absolute atomic E-state index is 13.2. The third kappa shape index (κ3) is 3.41. The van der Waals surface area contributed by atoms with Crippen LogP contribution >= 0.6 is 34.2 Å². The lowest BCUT2D eigenvalue weighted by Crippen LogP contribution is -2.65. The van der Waals surface area contributed by atoms with Crippen molar-refractivity contribution >= 4 is 51.9 Å². The van der Waals surface area contributed by atoms with Gasteiger partial charge in [0.1, 0.15) is 0 Å². The molecule has 0 spiro atoms. The molecule has 3 fully saturated rings. The van der Waals surface area contributed by atoms with Crippen molar-refractivity contribution in [1.82, 2.24) is 0 Å². The van der Waals surface area contributed by atoms with Crippen LogP contribution in [0.25, 0.3) is 0 Å². The number of fused-ring (bicyclic) bond motifs is 5. The molecule has 5 nitrogen and oxygen atoms in total. The van der Waals surface area contributed by atoms with Gasteiger partial charge in [-0.25, -0.2) is 9.59 Å². The predicted molar refractivity (Wildman–Crippen MR) is 141 cm³/mol. The number of carboxylic acids is 1. The monoisotopic (exact) mass is 610 g/mol. The Morgan fingerprint density at radius 1 is 1.14 bits per heavy atom. The summed E-state index contributed by atoms with van der Waals surface area (Å²) in [7, 11) is 0. The Balaban J connectivity index is 1.53. The number of alkyl halides is 1. The minimum atomic E-state index is -1.59. The van der Waals surface area contributed by atoms with Gasteiger partial charge in [0, 0.05) is 20.8 Å². The highest BCUT2D eigenvalue weighted by Gasteiger charge is 2.73. The molecular formula is C28H32ClIO5. The van der Waals surface area contributed by atoms with Gasteiger partial charge in [0.25, 0.3) is 0 Å². The van der Waals surface area contributed by atoms with E-state index in [0.717, 1.165) is 22.0 Å². The second kappa shape index (κ2) is 8.30. The first-order chi connectivity index (χ1) is 16.4. The van der Waals surface area contributed by atoms with Crippen LogP contribution in [0.3, 0.4) is 0 Å². The third-order valence-electron chi connectivity index (χ3n) is 10.2. The average Bonchev–Trinajstić information content (AvgIpc) is 3.10. The van der Waals surface area contributed by atoms with Crippen LogP contribution in [0.2, 0.25) is 0 Å². The van der Waals surface area contributed by atoms with Crippen molar-refractivity contribution in [3.8, 4) is 0 Å². The minimum Gasteiger partial charge on any atom is -0.478 e. The highest BCUT2D eigenvalue weighted by atomic mass is 127. The van der Waals surface area contributed by atoms with Crippen LogP contribution < -0.4 is 0 Å². The van der Waals surface area contributed by atoms with Crippen LogP contribution in [0.15, 0.2) is 35.9 Å². The number of carbonyl (C=O) groups is 3. The number of carboxylic acid groups (broad SMARTS) is 1. The van der Waals surface area contributed by atoms with Crippen molar-refractivity contribution in [2.24, 2.45) is 28.6 Å². The number of aliphatic carboxylic acids is 1. The maximum Gasteiger partial charge on any atom is 0.348 e. The molecule has 0 heterocycles. The Morgan fingerprint density at radius 2 is 1.89 bits per heavy atom. The largest absolute Gasteiger partial charge is 0.478 e. The Bertz CT molecular complexity index is 1150. The molecule has 3 saturated carbocycles. The molecule has 0 amide bonds. The average molecular weight is 611 g/mol. The smallest absolute Gasteiger partial charge is 0.348 e. The predicted octanol–water partition coefficient (Wildman–Crippen LogP) is 6.41. The fourth-order valence-corrected chi connectivity index (χ4v) is 9.32. The van der Waals surface area contributed by atoms with Crippen molar-refractivity contribution in [1.29, 1.82) is 0 Å². The van der Waals surface area contributed by atoms with Crippen molar-refractivity contribution in [3.05, 3.63) is 45.0 Å². The van der Waals surface area contributed by atoms with Crippen LogP contribution in [0.1, 0.15) is 76.1 Å². The number of carbonyl (C=O) groups excluding carboxylic acids is 2. The van der Waals surface area contributed by atoms with E-state index in [0.29, 0.717) is 31.2 Å². The van der Waals surface area contributed by atoms with Crippen molar-refractivity contribution in [2.45, 2.75) is 76.2 Å². The molecule has 4 aliphatic carbocycles. The van der Waals surface area contributed by atoms with E-state index in [2.05, 4.69) is 36.4 Å². The molecule has 188 valence electrons. The number of allylic oxidation sites excluding steroid dienone is 1. The van der Waals surface area contributed by atoms with E-state index in [1.54, 1.807) is 18.2 Å². The minimum absolute atomic E-state index is 0.0204. The molecule has 0 aromatic heterocycles. The van der Waals surface area contributed by atoms with Gasteiger partial charge >= 0.3 is 11.9 Å². The van der Waals surface area contributed by atoms with Crippen LogP contribution in [0.4, 0.5) is 0 Å². The summed E-state index contributed by atoms with van der Waals surface area (Å²) in [5.74, 6) is -1.16. The summed E-state index contributed by atoms with van der Waals surface area (Å²) < 4.78 is 6.91. The number of esters is 1. The first-order valence-corrected chi connectivity index (χ1v) is 14.0. The van der Waals surface area contributed by atoms with Gasteiger partial charge in [-0.1, -0.05) is 32.4 Å². The normalized spacial score (nSPS) is 42.4. The molecule has 0 bridgehead atoms. The fourth-order valence-electron chi connectivity index (χ4n) is 8.24. The second-order valence-electron chi connectivity index (χ2n) is 11.6. The van der Waals surface area contributed by atoms with Crippen LogP contribution in [0.5, 0.6) is 0 Å². The van der Waals surface area contributed by atoms with Crippen LogP contribution in [0, 0.1) is 32.2 Å². The second-order valence-corrected chi connectivity index (χ2v) is 13.5. The summed E-state index contributed by atoms with van der Waals surface area (Å²) in [4.78, 5) is 37.8. The molecule has 0 radical (unpaired) electrons. The lowest BCUT2D eigenvalue weighted by Gasteiger charge is -2.64. The molecule has 5 rings (SSSR count). The Labute approximate surface area is 225 Å². The number of ether oxygens (including phenoxy) is 1. The van der Waals surface area contributed by atoms with E-state index < -0.39 is 27.8 Å². The zero-order valence-corrected chi connectivity index (χ0v) is 23.3. The first-order valence-electron chi connectivity index (χ1n) is 12.5. The molecule has 7 heteroatoms. The Morgan fingerprint density at radius 3 is 2.57 bits per heavy atom. The fraction of sp³-hybridized carbons (Fsp3) is 0.607. The Kier molecular flexibility index (Phi) is 5.99. The van der Waals surface area contributed by atoms with Gasteiger partial charge in [-0.3, -0.25) is 4.79 Å². The first kappa shape index (κ1) is 25.2. The highest BCUT2D eigenvalue weighted by molar-refractivity contribution is 14.1. The quantitative estimate of drug-likeness (QED) is 0.243. The van der Waals surface area contributed by atoms with Gasteiger partial charge in [0.15, 0.2) is 5.78 Å². The molecule has 1 aromatic carbocycles. The van der Waals surface area contributed by atoms with Crippen molar-refractivity contribution in [2.75, 3.05) is 0 Å².